The largest absolute Gasteiger partial charge is 0.457 e. The first kappa shape index (κ1) is 22.4. The number of aromatic nitrogens is 2. The summed E-state index contributed by atoms with van der Waals surface area (Å²) in [5, 5.41) is 12.0. The van der Waals surface area contributed by atoms with Crippen LogP contribution in [0.3, 0.4) is 0 Å². The molecule has 0 saturated heterocycles. The molecule has 1 aromatic heterocycles. The van der Waals surface area contributed by atoms with Gasteiger partial charge < -0.3 is 4.74 Å². The molecule has 0 radical (unpaired) electrons. The van der Waals surface area contributed by atoms with E-state index >= 15 is 0 Å². The number of nitrogens with zero attached hydrogens (tertiary/aromatic N) is 3. The molecule has 35 heavy (non-hydrogen) atoms. The Morgan fingerprint density at radius 3 is 2.20 bits per heavy atom. The summed E-state index contributed by atoms with van der Waals surface area (Å²) in [5.74, 6) is 1.88. The van der Waals surface area contributed by atoms with Crippen molar-refractivity contribution in [1.29, 1.82) is 0 Å². The highest BCUT2D eigenvalue weighted by Gasteiger charge is 2.14. The lowest BCUT2D eigenvalue weighted by Crippen LogP contribution is -2.21. The Kier molecular flexibility index (Phi) is 6.28. The van der Waals surface area contributed by atoms with Crippen LogP contribution < -0.4 is 10.3 Å². The minimum Gasteiger partial charge on any atom is -0.457 e. The zero-order valence-corrected chi connectivity index (χ0v) is 19.2. The molecule has 0 unspecified atom stereocenters. The Hall–Kier alpha value is -4.43. The Morgan fingerprint density at radius 2 is 1.49 bits per heavy atom. The molecule has 0 aliphatic carbocycles. The van der Waals surface area contributed by atoms with Gasteiger partial charge in [0.05, 0.1) is 21.5 Å². The minimum absolute atomic E-state index is 0.0392. The maximum Gasteiger partial charge on any atom is 0.269 e. The van der Waals surface area contributed by atoms with Crippen LogP contribution in [0.2, 0.25) is 0 Å². The second-order valence-electron chi connectivity index (χ2n) is 7.67. The van der Waals surface area contributed by atoms with Crippen molar-refractivity contribution in [2.45, 2.75) is 10.9 Å². The SMILES string of the molecule is O=c1c2ccccc2nc(SCc2ccc([N+](=O)[O-])cc2)n1-c1ccc(Oc2ccccc2)cc1. The van der Waals surface area contributed by atoms with E-state index in [0.717, 1.165) is 11.3 Å². The van der Waals surface area contributed by atoms with Crippen molar-refractivity contribution in [3.8, 4) is 17.2 Å². The lowest BCUT2D eigenvalue weighted by atomic mass is 10.2. The number of ether oxygens (including phenoxy) is 1. The minimum atomic E-state index is -0.426. The Morgan fingerprint density at radius 1 is 0.829 bits per heavy atom. The highest BCUT2D eigenvalue weighted by Crippen LogP contribution is 2.27. The van der Waals surface area contributed by atoms with E-state index in [1.807, 2.05) is 72.8 Å². The summed E-state index contributed by atoms with van der Waals surface area (Å²) in [6.45, 7) is 0. The van der Waals surface area contributed by atoms with Gasteiger partial charge in [-0.2, -0.15) is 0 Å². The van der Waals surface area contributed by atoms with Crippen molar-refractivity contribution in [2.24, 2.45) is 0 Å². The summed E-state index contributed by atoms with van der Waals surface area (Å²) >= 11 is 1.40. The van der Waals surface area contributed by atoms with E-state index in [-0.39, 0.29) is 11.2 Å². The van der Waals surface area contributed by atoms with Crippen molar-refractivity contribution >= 4 is 28.4 Å². The molecule has 0 aliphatic rings. The first-order chi connectivity index (χ1) is 17.1. The van der Waals surface area contributed by atoms with E-state index in [9.17, 15) is 14.9 Å². The summed E-state index contributed by atoms with van der Waals surface area (Å²) in [7, 11) is 0. The van der Waals surface area contributed by atoms with Gasteiger partial charge in [0, 0.05) is 17.9 Å². The molecule has 4 aromatic carbocycles. The fourth-order valence-corrected chi connectivity index (χ4v) is 4.56. The average Bonchev–Trinajstić information content (AvgIpc) is 2.89. The number of thioether (sulfide) groups is 1. The van der Waals surface area contributed by atoms with Crippen LogP contribution in [0.25, 0.3) is 16.6 Å². The van der Waals surface area contributed by atoms with E-state index in [0.29, 0.717) is 33.2 Å². The van der Waals surface area contributed by atoms with Gasteiger partial charge in [-0.15, -0.1) is 0 Å². The molecule has 0 aliphatic heterocycles. The van der Waals surface area contributed by atoms with E-state index in [1.54, 1.807) is 22.8 Å². The highest BCUT2D eigenvalue weighted by atomic mass is 32.2. The van der Waals surface area contributed by atoms with Gasteiger partial charge in [0.2, 0.25) is 0 Å². The zero-order chi connectivity index (χ0) is 24.2. The maximum atomic E-state index is 13.5. The van der Waals surface area contributed by atoms with E-state index in [1.165, 1.54) is 23.9 Å². The average molecular weight is 482 g/mol. The van der Waals surface area contributed by atoms with Crippen molar-refractivity contribution in [2.75, 3.05) is 0 Å². The number of benzene rings is 4. The summed E-state index contributed by atoms with van der Waals surface area (Å²) in [5.41, 5.74) is 2.04. The zero-order valence-electron chi connectivity index (χ0n) is 18.4. The van der Waals surface area contributed by atoms with Gasteiger partial charge in [-0.1, -0.05) is 54.2 Å². The lowest BCUT2D eigenvalue weighted by Gasteiger charge is -2.14. The van der Waals surface area contributed by atoms with Crippen LogP contribution in [-0.2, 0) is 5.75 Å². The van der Waals surface area contributed by atoms with Crippen molar-refractivity contribution in [3.63, 3.8) is 0 Å². The van der Waals surface area contributed by atoms with Crippen LogP contribution in [0.15, 0.2) is 113 Å². The smallest absolute Gasteiger partial charge is 0.269 e. The van der Waals surface area contributed by atoms with E-state index in [4.69, 9.17) is 9.72 Å². The van der Waals surface area contributed by atoms with Crippen LogP contribution >= 0.6 is 11.8 Å². The first-order valence-corrected chi connectivity index (χ1v) is 11.8. The first-order valence-electron chi connectivity index (χ1n) is 10.8. The van der Waals surface area contributed by atoms with Crippen LogP contribution in [0.5, 0.6) is 11.5 Å². The third-order valence-electron chi connectivity index (χ3n) is 5.33. The molecule has 0 N–H and O–H groups in total. The predicted octanol–water partition coefficient (Wildman–Crippen LogP) is 6.38. The van der Waals surface area contributed by atoms with Crippen LogP contribution in [0.4, 0.5) is 5.69 Å². The van der Waals surface area contributed by atoms with Crippen molar-refractivity contribution < 1.29 is 9.66 Å². The number of hydrogen-bond donors (Lipinski definition) is 0. The van der Waals surface area contributed by atoms with Crippen LogP contribution in [-0.4, -0.2) is 14.5 Å². The van der Waals surface area contributed by atoms with Crippen molar-refractivity contribution in [1.82, 2.24) is 9.55 Å². The van der Waals surface area contributed by atoms with Gasteiger partial charge in [0.25, 0.3) is 11.2 Å². The topological polar surface area (TPSA) is 87.3 Å². The molecule has 0 saturated carbocycles. The fourth-order valence-electron chi connectivity index (χ4n) is 3.59. The number of para-hydroxylation sites is 2. The van der Waals surface area contributed by atoms with Crippen molar-refractivity contribution in [3.05, 3.63) is 129 Å². The quantitative estimate of drug-likeness (QED) is 0.116. The Labute approximate surface area is 204 Å². The highest BCUT2D eigenvalue weighted by molar-refractivity contribution is 7.98. The van der Waals surface area contributed by atoms with Gasteiger partial charge in [-0.3, -0.25) is 19.5 Å². The molecule has 0 atom stereocenters. The van der Waals surface area contributed by atoms with Gasteiger partial charge in [-0.05, 0) is 54.1 Å². The monoisotopic (exact) mass is 481 g/mol. The van der Waals surface area contributed by atoms with Gasteiger partial charge in [0.1, 0.15) is 11.5 Å². The lowest BCUT2D eigenvalue weighted by molar-refractivity contribution is -0.384. The molecule has 8 heteroatoms. The third kappa shape index (κ3) is 4.92. The standard InChI is InChI=1S/C27H19N3O4S/c31-26-24-8-4-5-9-25(24)28-27(35-18-19-10-12-21(13-11-19)30(32)33)29(26)20-14-16-23(17-15-20)34-22-6-2-1-3-7-22/h1-17H,18H2. The normalized spacial score (nSPS) is 10.9. The Balaban J connectivity index is 1.48. The summed E-state index contributed by atoms with van der Waals surface area (Å²) < 4.78 is 7.46. The molecule has 1 heterocycles. The Bertz CT molecular complexity index is 1550. The number of fused-ring (bicyclic) bond motifs is 1. The number of hydrogen-bond acceptors (Lipinski definition) is 6. The number of non-ortho nitro benzene ring substituents is 1. The molecule has 0 amide bonds. The summed E-state index contributed by atoms with van der Waals surface area (Å²) in [4.78, 5) is 28.7. The second-order valence-corrected chi connectivity index (χ2v) is 8.62. The van der Waals surface area contributed by atoms with Gasteiger partial charge >= 0.3 is 0 Å². The summed E-state index contributed by atoms with van der Waals surface area (Å²) in [6.07, 6.45) is 0. The van der Waals surface area contributed by atoms with Crippen LogP contribution in [0.1, 0.15) is 5.56 Å². The van der Waals surface area contributed by atoms with E-state index in [2.05, 4.69) is 0 Å². The maximum absolute atomic E-state index is 13.5. The predicted molar refractivity (Wildman–Crippen MR) is 137 cm³/mol. The molecule has 0 bridgehead atoms. The fraction of sp³-hybridized carbons (Fsp3) is 0.0370. The number of nitro benzene ring substituents is 1. The molecule has 5 aromatic rings. The molecule has 0 spiro atoms. The van der Waals surface area contributed by atoms with Gasteiger partial charge in [0.15, 0.2) is 5.16 Å². The third-order valence-corrected chi connectivity index (χ3v) is 6.34. The molecular weight excluding hydrogens is 462 g/mol. The molecule has 5 rings (SSSR count). The molecular formula is C27H19N3O4S. The number of rotatable bonds is 7. The van der Waals surface area contributed by atoms with E-state index < -0.39 is 4.92 Å². The molecule has 7 nitrogen and oxygen atoms in total. The molecule has 172 valence electrons. The number of nitro groups is 1. The summed E-state index contributed by atoms with van der Waals surface area (Å²) in [6, 6.07) is 30.4. The second kappa shape index (κ2) is 9.82. The molecule has 0 fully saturated rings. The van der Waals surface area contributed by atoms with Gasteiger partial charge in [-0.25, -0.2) is 4.98 Å². The van der Waals surface area contributed by atoms with Crippen LogP contribution in [0, 0.1) is 10.1 Å².